The van der Waals surface area contributed by atoms with Gasteiger partial charge in [0.2, 0.25) is 11.6 Å². The second-order valence-electron chi connectivity index (χ2n) is 4.71. The molecular weight excluding hydrogens is 304 g/mol. The predicted octanol–water partition coefficient (Wildman–Crippen LogP) is 1.07. The van der Waals surface area contributed by atoms with Crippen molar-refractivity contribution >= 4 is 11.6 Å². The lowest BCUT2D eigenvalue weighted by Crippen LogP contribution is -2.21. The summed E-state index contributed by atoms with van der Waals surface area (Å²) < 4.78 is 5.39. The van der Waals surface area contributed by atoms with Gasteiger partial charge < -0.3 is 9.84 Å². The van der Waals surface area contributed by atoms with Crippen LogP contribution in [0.4, 0.5) is 5.69 Å². The topological polar surface area (TPSA) is 137 Å². The first-order valence-electron chi connectivity index (χ1n) is 6.57. The summed E-state index contributed by atoms with van der Waals surface area (Å²) >= 11 is 0. The van der Waals surface area contributed by atoms with E-state index in [-0.39, 0.29) is 6.61 Å². The van der Waals surface area contributed by atoms with Crippen LogP contribution in [0.2, 0.25) is 0 Å². The molecule has 0 aliphatic carbocycles. The van der Waals surface area contributed by atoms with Crippen molar-refractivity contribution in [3.8, 4) is 11.6 Å². The SMILES string of the molecule is Cc1cccc(C)c1OCC(=O)N=Nc1c(O)[nH]c(=O)[nH]c1=O. The molecule has 120 valence electrons. The number of rotatable bonds is 4. The van der Waals surface area contributed by atoms with Gasteiger partial charge in [-0.25, -0.2) is 4.79 Å². The summed E-state index contributed by atoms with van der Waals surface area (Å²) in [5.74, 6) is -0.954. The zero-order chi connectivity index (χ0) is 17.0. The van der Waals surface area contributed by atoms with Gasteiger partial charge in [-0.1, -0.05) is 18.2 Å². The summed E-state index contributed by atoms with van der Waals surface area (Å²) in [5, 5.41) is 16.0. The van der Waals surface area contributed by atoms with Crippen LogP contribution in [0.25, 0.3) is 0 Å². The van der Waals surface area contributed by atoms with Crippen LogP contribution in [-0.2, 0) is 4.79 Å². The van der Waals surface area contributed by atoms with E-state index in [0.717, 1.165) is 11.1 Å². The van der Waals surface area contributed by atoms with Crippen molar-refractivity contribution in [2.75, 3.05) is 6.61 Å². The zero-order valence-electron chi connectivity index (χ0n) is 12.4. The van der Waals surface area contributed by atoms with E-state index in [2.05, 4.69) is 10.2 Å². The van der Waals surface area contributed by atoms with Crippen molar-refractivity contribution < 1.29 is 14.6 Å². The molecule has 1 amide bonds. The van der Waals surface area contributed by atoms with Crippen molar-refractivity contribution in [2.45, 2.75) is 13.8 Å². The molecular formula is C14H14N4O5. The molecule has 0 aliphatic heterocycles. The van der Waals surface area contributed by atoms with Crippen molar-refractivity contribution in [1.82, 2.24) is 9.97 Å². The predicted molar refractivity (Wildman–Crippen MR) is 80.3 cm³/mol. The average Bonchev–Trinajstić information content (AvgIpc) is 2.45. The molecule has 2 rings (SSSR count). The molecule has 0 unspecified atom stereocenters. The Balaban J connectivity index is 2.09. The lowest BCUT2D eigenvalue weighted by Gasteiger charge is -2.09. The number of aromatic amines is 2. The summed E-state index contributed by atoms with van der Waals surface area (Å²) in [6.45, 7) is 3.30. The van der Waals surface area contributed by atoms with E-state index in [1.165, 1.54) is 0 Å². The largest absolute Gasteiger partial charge is 0.493 e. The fourth-order valence-electron chi connectivity index (χ4n) is 1.86. The molecule has 3 N–H and O–H groups in total. The fourth-order valence-corrected chi connectivity index (χ4v) is 1.86. The van der Waals surface area contributed by atoms with E-state index in [4.69, 9.17) is 4.74 Å². The highest BCUT2D eigenvalue weighted by molar-refractivity contribution is 5.78. The molecule has 0 radical (unpaired) electrons. The normalized spacial score (nSPS) is 10.9. The Morgan fingerprint density at radius 3 is 2.48 bits per heavy atom. The number of H-pyrrole nitrogens is 2. The van der Waals surface area contributed by atoms with Crippen molar-refractivity contribution in [3.05, 3.63) is 50.2 Å². The van der Waals surface area contributed by atoms with Crippen LogP contribution in [0.1, 0.15) is 11.1 Å². The molecule has 0 atom stereocenters. The third kappa shape index (κ3) is 3.90. The molecule has 0 fully saturated rings. The number of ether oxygens (including phenoxy) is 1. The minimum atomic E-state index is -0.960. The van der Waals surface area contributed by atoms with Gasteiger partial charge in [0.1, 0.15) is 5.75 Å². The van der Waals surface area contributed by atoms with Gasteiger partial charge in [-0.05, 0) is 25.0 Å². The monoisotopic (exact) mass is 318 g/mol. The molecule has 23 heavy (non-hydrogen) atoms. The van der Waals surface area contributed by atoms with Crippen molar-refractivity contribution in [1.29, 1.82) is 0 Å². The number of benzene rings is 1. The van der Waals surface area contributed by atoms with Gasteiger partial charge in [-0.3, -0.25) is 19.6 Å². The van der Waals surface area contributed by atoms with E-state index in [1.54, 1.807) is 0 Å². The van der Waals surface area contributed by atoms with E-state index < -0.39 is 28.7 Å². The summed E-state index contributed by atoms with van der Waals surface area (Å²) in [6, 6.07) is 5.54. The Kier molecular flexibility index (Phi) is 4.69. The van der Waals surface area contributed by atoms with Gasteiger partial charge in [0.15, 0.2) is 6.61 Å². The zero-order valence-corrected chi connectivity index (χ0v) is 12.4. The number of para-hydroxylation sites is 1. The molecule has 1 aromatic carbocycles. The summed E-state index contributed by atoms with van der Waals surface area (Å²) in [5.41, 5.74) is -0.687. The number of aromatic nitrogens is 2. The standard InChI is InChI=1S/C14H14N4O5/c1-7-4-3-5-8(2)11(7)23-6-9(19)17-18-10-12(20)15-14(22)16-13(10)21/h3-5H,6H2,1-2H3,(H3,15,16,20,21,22). The molecule has 1 aromatic heterocycles. The van der Waals surface area contributed by atoms with Crippen LogP contribution in [-0.4, -0.2) is 27.6 Å². The Morgan fingerprint density at radius 1 is 1.22 bits per heavy atom. The highest BCUT2D eigenvalue weighted by Gasteiger charge is 2.10. The highest BCUT2D eigenvalue weighted by atomic mass is 16.5. The lowest BCUT2D eigenvalue weighted by atomic mass is 10.1. The second-order valence-corrected chi connectivity index (χ2v) is 4.71. The number of carbonyl (C=O) groups excluding carboxylic acids is 1. The van der Waals surface area contributed by atoms with Crippen molar-refractivity contribution in [3.63, 3.8) is 0 Å². The minimum Gasteiger partial charge on any atom is -0.493 e. The van der Waals surface area contributed by atoms with E-state index in [0.29, 0.717) is 5.75 Å². The third-order valence-corrected chi connectivity index (χ3v) is 2.91. The quantitative estimate of drug-likeness (QED) is 0.724. The van der Waals surface area contributed by atoms with Crippen molar-refractivity contribution in [2.24, 2.45) is 10.2 Å². The number of amides is 1. The van der Waals surface area contributed by atoms with Gasteiger partial charge in [0, 0.05) is 0 Å². The molecule has 9 nitrogen and oxygen atoms in total. The number of aryl methyl sites for hydroxylation is 2. The van der Waals surface area contributed by atoms with Gasteiger partial charge in [-0.2, -0.15) is 0 Å². The number of azo groups is 1. The summed E-state index contributed by atoms with van der Waals surface area (Å²) in [7, 11) is 0. The van der Waals surface area contributed by atoms with Crippen LogP contribution >= 0.6 is 0 Å². The Hall–Kier alpha value is -3.23. The molecule has 0 spiro atoms. The summed E-state index contributed by atoms with van der Waals surface area (Å²) in [6.07, 6.45) is 0. The Bertz CT molecular complexity index is 861. The molecule has 1 heterocycles. The Morgan fingerprint density at radius 2 is 1.87 bits per heavy atom. The molecule has 0 saturated heterocycles. The molecule has 9 heteroatoms. The number of hydrogen-bond acceptors (Lipinski definition) is 6. The molecule has 0 bridgehead atoms. The first-order valence-corrected chi connectivity index (χ1v) is 6.57. The second kappa shape index (κ2) is 6.69. The van der Waals surface area contributed by atoms with Gasteiger partial charge in [-0.15, -0.1) is 10.2 Å². The molecule has 0 aliphatic rings. The van der Waals surface area contributed by atoms with E-state index in [9.17, 15) is 19.5 Å². The first-order chi connectivity index (χ1) is 10.9. The Labute approximate surface area is 129 Å². The maximum atomic E-state index is 11.7. The van der Waals surface area contributed by atoms with Crippen LogP contribution in [0, 0.1) is 13.8 Å². The number of aromatic hydroxyl groups is 1. The third-order valence-electron chi connectivity index (χ3n) is 2.91. The van der Waals surface area contributed by atoms with Crippen LogP contribution < -0.4 is 16.0 Å². The van der Waals surface area contributed by atoms with Gasteiger partial charge >= 0.3 is 11.6 Å². The van der Waals surface area contributed by atoms with Crippen LogP contribution in [0.3, 0.4) is 0 Å². The maximum Gasteiger partial charge on any atom is 0.328 e. The lowest BCUT2D eigenvalue weighted by molar-refractivity contribution is -0.120. The number of hydrogen-bond donors (Lipinski definition) is 3. The highest BCUT2D eigenvalue weighted by Crippen LogP contribution is 2.22. The van der Waals surface area contributed by atoms with Crippen LogP contribution in [0.5, 0.6) is 11.6 Å². The van der Waals surface area contributed by atoms with E-state index in [1.807, 2.05) is 42.0 Å². The summed E-state index contributed by atoms with van der Waals surface area (Å²) in [4.78, 5) is 37.7. The number of nitrogens with zero attached hydrogens (tertiary/aromatic N) is 2. The fraction of sp³-hybridized carbons (Fsp3) is 0.214. The average molecular weight is 318 g/mol. The maximum absolute atomic E-state index is 11.7. The minimum absolute atomic E-state index is 0.378. The number of nitrogens with one attached hydrogen (secondary N) is 2. The van der Waals surface area contributed by atoms with Gasteiger partial charge in [0.05, 0.1) is 0 Å². The molecule has 0 saturated carbocycles. The van der Waals surface area contributed by atoms with Gasteiger partial charge in [0.25, 0.3) is 5.56 Å². The molecule has 2 aromatic rings. The smallest absolute Gasteiger partial charge is 0.328 e. The van der Waals surface area contributed by atoms with Crippen LogP contribution in [0.15, 0.2) is 38.0 Å². The first kappa shape index (κ1) is 16.1. The van der Waals surface area contributed by atoms with E-state index >= 15 is 0 Å². The number of carbonyl (C=O) groups is 1.